The molecule has 0 radical (unpaired) electrons. The minimum absolute atomic E-state index is 0.0882. The van der Waals surface area contributed by atoms with Gasteiger partial charge in [0, 0.05) is 18.8 Å². The zero-order valence-electron chi connectivity index (χ0n) is 13.9. The number of carbonyl (C=O) groups excluding carboxylic acids is 1. The Bertz CT molecular complexity index is 643. The molecule has 1 unspecified atom stereocenters. The Hall–Kier alpha value is -1.40. The van der Waals surface area contributed by atoms with Crippen LogP contribution in [0.3, 0.4) is 0 Å². The number of anilines is 1. The quantitative estimate of drug-likeness (QED) is 0.867. The Morgan fingerprint density at radius 1 is 1.35 bits per heavy atom. The number of nitrogens with one attached hydrogen (secondary N) is 1. The molecule has 1 aromatic rings. The van der Waals surface area contributed by atoms with Crippen LogP contribution in [0.4, 0.5) is 5.69 Å². The SMILES string of the molecule is CCCCS(=O)(=O)N1CCCC(C(=O)Nc2ccccc2C)C1. The third-order valence-corrected chi connectivity index (χ3v) is 6.23. The van der Waals surface area contributed by atoms with Gasteiger partial charge in [0.1, 0.15) is 0 Å². The lowest BCUT2D eigenvalue weighted by atomic mass is 9.98. The maximum Gasteiger partial charge on any atom is 0.228 e. The summed E-state index contributed by atoms with van der Waals surface area (Å²) in [5.74, 6) is -0.190. The number of rotatable bonds is 6. The van der Waals surface area contributed by atoms with Gasteiger partial charge in [-0.05, 0) is 37.8 Å². The average Bonchev–Trinajstić information content (AvgIpc) is 2.55. The summed E-state index contributed by atoms with van der Waals surface area (Å²) in [7, 11) is -3.24. The number of para-hydroxylation sites is 1. The van der Waals surface area contributed by atoms with Crippen molar-refractivity contribution in [1.29, 1.82) is 0 Å². The lowest BCUT2D eigenvalue weighted by Gasteiger charge is -2.31. The Labute approximate surface area is 139 Å². The molecular weight excluding hydrogens is 312 g/mol. The van der Waals surface area contributed by atoms with Crippen LogP contribution in [-0.4, -0.2) is 37.5 Å². The molecule has 1 amide bonds. The molecule has 5 nitrogen and oxygen atoms in total. The van der Waals surface area contributed by atoms with Gasteiger partial charge in [0.05, 0.1) is 11.7 Å². The van der Waals surface area contributed by atoms with Crippen molar-refractivity contribution >= 4 is 21.6 Å². The van der Waals surface area contributed by atoms with Crippen molar-refractivity contribution in [2.24, 2.45) is 5.92 Å². The predicted molar refractivity (Wildman–Crippen MR) is 92.8 cm³/mol. The largest absolute Gasteiger partial charge is 0.326 e. The van der Waals surface area contributed by atoms with E-state index in [0.29, 0.717) is 19.5 Å². The van der Waals surface area contributed by atoms with E-state index in [1.54, 1.807) is 0 Å². The van der Waals surface area contributed by atoms with Crippen molar-refractivity contribution in [1.82, 2.24) is 4.31 Å². The molecule has 0 spiro atoms. The van der Waals surface area contributed by atoms with Crippen LogP contribution in [0.15, 0.2) is 24.3 Å². The minimum atomic E-state index is -3.24. The van der Waals surface area contributed by atoms with Gasteiger partial charge in [-0.2, -0.15) is 0 Å². The summed E-state index contributed by atoms with van der Waals surface area (Å²) >= 11 is 0. The third-order valence-electron chi connectivity index (χ3n) is 4.31. The molecule has 0 aliphatic carbocycles. The normalized spacial score (nSPS) is 19.5. The van der Waals surface area contributed by atoms with Crippen molar-refractivity contribution in [3.63, 3.8) is 0 Å². The van der Waals surface area contributed by atoms with Crippen LogP contribution in [0.1, 0.15) is 38.2 Å². The second-order valence-electron chi connectivity index (χ2n) is 6.17. The Balaban J connectivity index is 2.00. The first kappa shape index (κ1) is 17.9. The first-order valence-electron chi connectivity index (χ1n) is 8.28. The first-order chi connectivity index (χ1) is 10.9. The van der Waals surface area contributed by atoms with Crippen LogP contribution in [0.25, 0.3) is 0 Å². The minimum Gasteiger partial charge on any atom is -0.326 e. The maximum atomic E-state index is 12.5. The van der Waals surface area contributed by atoms with E-state index in [0.717, 1.165) is 30.5 Å². The van der Waals surface area contributed by atoms with Crippen molar-refractivity contribution in [3.05, 3.63) is 29.8 Å². The summed E-state index contributed by atoms with van der Waals surface area (Å²) in [4.78, 5) is 12.5. The zero-order chi connectivity index (χ0) is 16.9. The highest BCUT2D eigenvalue weighted by atomic mass is 32.2. The summed E-state index contributed by atoms with van der Waals surface area (Å²) in [5, 5.41) is 2.93. The number of nitrogens with zero attached hydrogens (tertiary/aromatic N) is 1. The average molecular weight is 338 g/mol. The smallest absolute Gasteiger partial charge is 0.228 e. The van der Waals surface area contributed by atoms with E-state index in [4.69, 9.17) is 0 Å². The second-order valence-corrected chi connectivity index (χ2v) is 8.26. The van der Waals surface area contributed by atoms with Gasteiger partial charge in [-0.3, -0.25) is 4.79 Å². The van der Waals surface area contributed by atoms with Crippen molar-refractivity contribution in [2.45, 2.75) is 39.5 Å². The Kier molecular flexibility index (Phi) is 6.18. The fourth-order valence-corrected chi connectivity index (χ4v) is 4.54. The summed E-state index contributed by atoms with van der Waals surface area (Å²) in [5.41, 5.74) is 1.80. The van der Waals surface area contributed by atoms with E-state index in [2.05, 4.69) is 5.32 Å². The van der Waals surface area contributed by atoms with E-state index in [1.165, 1.54) is 4.31 Å². The fourth-order valence-electron chi connectivity index (χ4n) is 2.81. The molecule has 2 rings (SSSR count). The van der Waals surface area contributed by atoms with Gasteiger partial charge in [0.25, 0.3) is 0 Å². The van der Waals surface area contributed by atoms with Crippen LogP contribution in [0.2, 0.25) is 0 Å². The number of aryl methyl sites for hydroxylation is 1. The molecular formula is C17H26N2O3S. The number of hydrogen-bond acceptors (Lipinski definition) is 3. The molecule has 1 aliphatic heterocycles. The first-order valence-corrected chi connectivity index (χ1v) is 9.89. The molecule has 1 heterocycles. The van der Waals surface area contributed by atoms with Crippen molar-refractivity contribution in [3.8, 4) is 0 Å². The van der Waals surface area contributed by atoms with Gasteiger partial charge in [-0.1, -0.05) is 31.5 Å². The third kappa shape index (κ3) is 4.78. The summed E-state index contributed by atoms with van der Waals surface area (Å²) in [6, 6.07) is 7.61. The highest BCUT2D eigenvalue weighted by Crippen LogP contribution is 2.22. The molecule has 0 saturated carbocycles. The van der Waals surface area contributed by atoms with Gasteiger partial charge in [0.15, 0.2) is 0 Å². The standard InChI is InChI=1S/C17H26N2O3S/c1-3-4-12-23(21,22)19-11-7-9-15(13-19)17(20)18-16-10-6-5-8-14(16)2/h5-6,8,10,15H,3-4,7,9,11-13H2,1-2H3,(H,18,20). The Morgan fingerprint density at radius 3 is 2.78 bits per heavy atom. The number of piperidine rings is 1. The number of benzene rings is 1. The van der Waals surface area contributed by atoms with Gasteiger partial charge in [-0.25, -0.2) is 12.7 Å². The van der Waals surface area contributed by atoms with Gasteiger partial charge in [0.2, 0.25) is 15.9 Å². The van der Waals surface area contributed by atoms with Crippen molar-refractivity contribution < 1.29 is 13.2 Å². The van der Waals surface area contributed by atoms with Crippen LogP contribution in [0.5, 0.6) is 0 Å². The molecule has 0 bridgehead atoms. The van der Waals surface area contributed by atoms with Crippen LogP contribution < -0.4 is 5.32 Å². The highest BCUT2D eigenvalue weighted by molar-refractivity contribution is 7.89. The topological polar surface area (TPSA) is 66.5 Å². The van der Waals surface area contributed by atoms with Crippen LogP contribution >= 0.6 is 0 Å². The molecule has 1 fully saturated rings. The molecule has 0 aromatic heterocycles. The van der Waals surface area contributed by atoms with Crippen LogP contribution in [-0.2, 0) is 14.8 Å². The molecule has 1 atom stereocenters. The van der Waals surface area contributed by atoms with Gasteiger partial charge >= 0.3 is 0 Å². The summed E-state index contributed by atoms with van der Waals surface area (Å²) < 4.78 is 26.1. The summed E-state index contributed by atoms with van der Waals surface area (Å²) in [6.45, 7) is 4.74. The van der Waals surface area contributed by atoms with E-state index < -0.39 is 10.0 Å². The number of sulfonamides is 1. The lowest BCUT2D eigenvalue weighted by molar-refractivity contribution is -0.120. The highest BCUT2D eigenvalue weighted by Gasteiger charge is 2.32. The molecule has 1 N–H and O–H groups in total. The van der Waals surface area contributed by atoms with E-state index >= 15 is 0 Å². The molecule has 6 heteroatoms. The van der Waals surface area contributed by atoms with Crippen molar-refractivity contribution in [2.75, 3.05) is 24.2 Å². The molecule has 1 saturated heterocycles. The number of unbranched alkanes of at least 4 members (excludes halogenated alkanes) is 1. The van der Waals surface area contributed by atoms with E-state index in [-0.39, 0.29) is 17.6 Å². The summed E-state index contributed by atoms with van der Waals surface area (Å²) in [6.07, 6.45) is 2.98. The van der Waals surface area contributed by atoms with Gasteiger partial charge in [-0.15, -0.1) is 0 Å². The molecule has 1 aliphatic rings. The second kappa shape index (κ2) is 7.93. The van der Waals surface area contributed by atoms with E-state index in [9.17, 15) is 13.2 Å². The maximum absolute atomic E-state index is 12.5. The number of carbonyl (C=O) groups is 1. The number of amides is 1. The lowest BCUT2D eigenvalue weighted by Crippen LogP contribution is -2.44. The fraction of sp³-hybridized carbons (Fsp3) is 0.588. The van der Waals surface area contributed by atoms with Crippen LogP contribution in [0, 0.1) is 12.8 Å². The molecule has 23 heavy (non-hydrogen) atoms. The number of hydrogen-bond donors (Lipinski definition) is 1. The van der Waals surface area contributed by atoms with Gasteiger partial charge < -0.3 is 5.32 Å². The predicted octanol–water partition coefficient (Wildman–Crippen LogP) is 2.78. The zero-order valence-corrected chi connectivity index (χ0v) is 14.7. The monoisotopic (exact) mass is 338 g/mol. The molecule has 1 aromatic carbocycles. The van der Waals surface area contributed by atoms with E-state index in [1.807, 2.05) is 38.1 Å². The Morgan fingerprint density at radius 2 is 2.09 bits per heavy atom. The molecule has 128 valence electrons.